The van der Waals surface area contributed by atoms with Crippen molar-refractivity contribution in [2.75, 3.05) is 0 Å². The van der Waals surface area contributed by atoms with Gasteiger partial charge < -0.3 is 10.4 Å². The van der Waals surface area contributed by atoms with Crippen molar-refractivity contribution in [3.63, 3.8) is 0 Å². The predicted octanol–water partition coefficient (Wildman–Crippen LogP) is 0.429. The number of carbonyl (C=O) groups excluding carboxylic acids is 1. The first-order valence-electron chi connectivity index (χ1n) is 4.65. The highest BCUT2D eigenvalue weighted by Gasteiger charge is 2.23. The zero-order valence-corrected chi connectivity index (χ0v) is 7.84. The Morgan fingerprint density at radius 1 is 1.46 bits per heavy atom. The molecule has 1 aliphatic rings. The molecule has 1 fully saturated rings. The van der Waals surface area contributed by atoms with E-state index in [1.54, 1.807) is 6.92 Å². The Bertz CT molecular complexity index is 239. The quantitative estimate of drug-likeness (QED) is 0.576. The molecule has 1 saturated carbocycles. The summed E-state index contributed by atoms with van der Waals surface area (Å²) in [5.74, 6) is 4.65. The first-order chi connectivity index (χ1) is 6.24. The molecule has 2 atom stereocenters. The van der Waals surface area contributed by atoms with Gasteiger partial charge in [0.2, 0.25) is 0 Å². The number of hydrogen-bond acceptors (Lipinski definition) is 2. The minimum Gasteiger partial charge on any atom is -0.391 e. The minimum atomic E-state index is -0.392. The maximum Gasteiger partial charge on any atom is 0.296 e. The monoisotopic (exact) mass is 181 g/mol. The van der Waals surface area contributed by atoms with Crippen molar-refractivity contribution in [3.8, 4) is 11.8 Å². The fraction of sp³-hybridized carbons (Fsp3) is 0.700. The maximum absolute atomic E-state index is 11.1. The van der Waals surface area contributed by atoms with Crippen molar-refractivity contribution in [2.45, 2.75) is 44.8 Å². The number of amides is 1. The molecule has 0 heterocycles. The molecular weight excluding hydrogens is 166 g/mol. The standard InChI is InChI=1S/C10H15NO2/c1-2-5-10(13)11-8-6-3-4-7-9(8)12/h8-9,12H,3-4,6-7H2,1H3,(H,11,13)/t8-,9-/m0/s1. The summed E-state index contributed by atoms with van der Waals surface area (Å²) in [5.41, 5.74) is 0. The van der Waals surface area contributed by atoms with Crippen molar-refractivity contribution in [1.82, 2.24) is 5.32 Å². The van der Waals surface area contributed by atoms with E-state index in [-0.39, 0.29) is 11.9 Å². The predicted molar refractivity (Wildman–Crippen MR) is 49.9 cm³/mol. The highest BCUT2D eigenvalue weighted by molar-refractivity contribution is 5.93. The van der Waals surface area contributed by atoms with Crippen molar-refractivity contribution < 1.29 is 9.90 Å². The Balaban J connectivity index is 2.41. The van der Waals surface area contributed by atoms with Crippen LogP contribution in [-0.2, 0) is 4.79 Å². The number of rotatable bonds is 1. The maximum atomic E-state index is 11.1. The Hall–Kier alpha value is -1.01. The first kappa shape index (κ1) is 10.1. The number of aliphatic hydroxyl groups is 1. The normalized spacial score (nSPS) is 27.2. The Morgan fingerprint density at radius 3 is 2.77 bits per heavy atom. The molecule has 0 radical (unpaired) electrons. The molecule has 13 heavy (non-hydrogen) atoms. The molecule has 3 heteroatoms. The molecule has 0 unspecified atom stereocenters. The summed E-state index contributed by atoms with van der Waals surface area (Å²) >= 11 is 0. The smallest absolute Gasteiger partial charge is 0.296 e. The lowest BCUT2D eigenvalue weighted by Gasteiger charge is -2.27. The van der Waals surface area contributed by atoms with Gasteiger partial charge in [-0.1, -0.05) is 18.8 Å². The molecule has 0 aromatic heterocycles. The molecular formula is C10H15NO2. The molecule has 72 valence electrons. The van der Waals surface area contributed by atoms with E-state index in [1.807, 2.05) is 0 Å². The van der Waals surface area contributed by atoms with Crippen LogP contribution in [0.3, 0.4) is 0 Å². The Kier molecular flexibility index (Phi) is 3.78. The number of aliphatic hydroxyl groups excluding tert-OH is 1. The molecule has 3 nitrogen and oxygen atoms in total. The molecule has 0 aromatic carbocycles. The molecule has 0 bridgehead atoms. The fourth-order valence-electron chi connectivity index (χ4n) is 1.60. The van der Waals surface area contributed by atoms with E-state index >= 15 is 0 Å². The molecule has 0 aliphatic heterocycles. The highest BCUT2D eigenvalue weighted by atomic mass is 16.3. The van der Waals surface area contributed by atoms with Crippen LogP contribution in [-0.4, -0.2) is 23.2 Å². The third-order valence-corrected chi connectivity index (χ3v) is 2.28. The summed E-state index contributed by atoms with van der Waals surface area (Å²) in [6.07, 6.45) is 3.37. The summed E-state index contributed by atoms with van der Waals surface area (Å²) in [5, 5.41) is 12.2. The van der Waals surface area contributed by atoms with E-state index < -0.39 is 6.10 Å². The van der Waals surface area contributed by atoms with E-state index in [2.05, 4.69) is 17.2 Å². The second kappa shape index (κ2) is 4.88. The van der Waals surface area contributed by atoms with Crippen LogP contribution in [0.2, 0.25) is 0 Å². The van der Waals surface area contributed by atoms with Crippen molar-refractivity contribution >= 4 is 5.91 Å². The summed E-state index contributed by atoms with van der Waals surface area (Å²) in [6.45, 7) is 1.62. The zero-order chi connectivity index (χ0) is 9.68. The molecule has 0 saturated heterocycles. The molecule has 2 N–H and O–H groups in total. The topological polar surface area (TPSA) is 49.3 Å². The van der Waals surface area contributed by atoms with E-state index in [0.29, 0.717) is 0 Å². The van der Waals surface area contributed by atoms with E-state index in [9.17, 15) is 9.90 Å². The lowest BCUT2D eigenvalue weighted by atomic mass is 9.92. The van der Waals surface area contributed by atoms with Gasteiger partial charge in [0.15, 0.2) is 0 Å². The third kappa shape index (κ3) is 3.08. The summed E-state index contributed by atoms with van der Waals surface area (Å²) in [4.78, 5) is 11.1. The third-order valence-electron chi connectivity index (χ3n) is 2.28. The fourth-order valence-corrected chi connectivity index (χ4v) is 1.60. The van der Waals surface area contributed by atoms with Crippen LogP contribution < -0.4 is 5.32 Å². The average molecular weight is 181 g/mol. The Labute approximate surface area is 78.5 Å². The van der Waals surface area contributed by atoms with E-state index in [4.69, 9.17) is 0 Å². The molecule has 1 amide bonds. The van der Waals surface area contributed by atoms with Crippen LogP contribution >= 0.6 is 0 Å². The largest absolute Gasteiger partial charge is 0.391 e. The summed E-state index contributed by atoms with van der Waals surface area (Å²) in [7, 11) is 0. The van der Waals surface area contributed by atoms with Gasteiger partial charge in [0.25, 0.3) is 5.91 Å². The lowest BCUT2D eigenvalue weighted by Crippen LogP contribution is -2.44. The van der Waals surface area contributed by atoms with Gasteiger partial charge in [-0.3, -0.25) is 4.79 Å². The first-order valence-corrected chi connectivity index (χ1v) is 4.65. The number of nitrogens with one attached hydrogen (secondary N) is 1. The molecule has 0 spiro atoms. The van der Waals surface area contributed by atoms with Gasteiger partial charge in [-0.25, -0.2) is 0 Å². The van der Waals surface area contributed by atoms with Crippen LogP contribution in [0.15, 0.2) is 0 Å². The number of carbonyl (C=O) groups is 1. The minimum absolute atomic E-state index is 0.0953. The van der Waals surface area contributed by atoms with Gasteiger partial charge in [-0.05, 0) is 25.7 Å². The van der Waals surface area contributed by atoms with Crippen LogP contribution in [0.5, 0.6) is 0 Å². The van der Waals surface area contributed by atoms with Gasteiger partial charge in [0, 0.05) is 0 Å². The Morgan fingerprint density at radius 2 is 2.15 bits per heavy atom. The van der Waals surface area contributed by atoms with Crippen molar-refractivity contribution in [2.24, 2.45) is 0 Å². The van der Waals surface area contributed by atoms with Crippen molar-refractivity contribution in [3.05, 3.63) is 0 Å². The van der Waals surface area contributed by atoms with Gasteiger partial charge in [-0.2, -0.15) is 0 Å². The molecule has 0 aromatic rings. The lowest BCUT2D eigenvalue weighted by molar-refractivity contribution is -0.117. The van der Waals surface area contributed by atoms with Gasteiger partial charge >= 0.3 is 0 Å². The van der Waals surface area contributed by atoms with Crippen LogP contribution in [0.4, 0.5) is 0 Å². The van der Waals surface area contributed by atoms with Gasteiger partial charge in [0.1, 0.15) is 0 Å². The van der Waals surface area contributed by atoms with Crippen LogP contribution in [0, 0.1) is 11.8 Å². The van der Waals surface area contributed by atoms with Crippen LogP contribution in [0.25, 0.3) is 0 Å². The molecule has 1 aliphatic carbocycles. The van der Waals surface area contributed by atoms with E-state index in [1.165, 1.54) is 0 Å². The second-order valence-corrected chi connectivity index (χ2v) is 3.31. The van der Waals surface area contributed by atoms with Gasteiger partial charge in [0.05, 0.1) is 12.1 Å². The van der Waals surface area contributed by atoms with Crippen LogP contribution in [0.1, 0.15) is 32.6 Å². The van der Waals surface area contributed by atoms with E-state index in [0.717, 1.165) is 25.7 Å². The average Bonchev–Trinajstić information content (AvgIpc) is 2.09. The summed E-state index contributed by atoms with van der Waals surface area (Å²) in [6, 6.07) is -0.0953. The summed E-state index contributed by atoms with van der Waals surface area (Å²) < 4.78 is 0. The van der Waals surface area contributed by atoms with Crippen molar-refractivity contribution in [1.29, 1.82) is 0 Å². The number of hydrogen-bond donors (Lipinski definition) is 2. The van der Waals surface area contributed by atoms with Gasteiger partial charge in [-0.15, -0.1) is 0 Å². The molecule has 1 rings (SSSR count). The highest BCUT2D eigenvalue weighted by Crippen LogP contribution is 2.17. The SMILES string of the molecule is CC#CC(=O)N[C@H]1CCCC[C@@H]1O. The second-order valence-electron chi connectivity index (χ2n) is 3.31. The zero-order valence-electron chi connectivity index (χ0n) is 7.84.